The predicted octanol–water partition coefficient (Wildman–Crippen LogP) is 5.35. The zero-order valence-corrected chi connectivity index (χ0v) is 15.4. The molecule has 24 heavy (non-hydrogen) atoms. The highest BCUT2D eigenvalue weighted by atomic mass is 31.1. The molecule has 122 valence electrons. The van der Waals surface area contributed by atoms with Crippen LogP contribution in [0.5, 0.6) is 0 Å². The summed E-state index contributed by atoms with van der Waals surface area (Å²) < 4.78 is 0. The van der Waals surface area contributed by atoms with Crippen molar-refractivity contribution in [2.75, 3.05) is 0 Å². The molecule has 0 radical (unpaired) electrons. The zero-order valence-electron chi connectivity index (χ0n) is 14.5. The Morgan fingerprint density at radius 3 is 1.58 bits per heavy atom. The van der Waals surface area contributed by atoms with Crippen LogP contribution in [0.25, 0.3) is 0 Å². The summed E-state index contributed by atoms with van der Waals surface area (Å²) in [6.07, 6.45) is 2.50. The highest BCUT2D eigenvalue weighted by Crippen LogP contribution is 2.33. The average Bonchev–Trinajstić information content (AvgIpc) is 2.64. The zero-order chi connectivity index (χ0) is 16.8. The van der Waals surface area contributed by atoms with Crippen molar-refractivity contribution in [2.24, 2.45) is 0 Å². The molecule has 3 rings (SSSR count). The molecule has 0 aromatic heterocycles. The van der Waals surface area contributed by atoms with Crippen molar-refractivity contribution in [2.45, 2.75) is 32.6 Å². The van der Waals surface area contributed by atoms with Gasteiger partial charge in [-0.25, -0.2) is 0 Å². The van der Waals surface area contributed by atoms with Gasteiger partial charge in [0.2, 0.25) is 0 Å². The molecule has 0 fully saturated rings. The second-order valence-electron chi connectivity index (χ2n) is 6.29. The summed E-state index contributed by atoms with van der Waals surface area (Å²) >= 11 is 0. The molecule has 0 saturated carbocycles. The van der Waals surface area contributed by atoms with Crippen molar-refractivity contribution in [3.8, 4) is 0 Å². The summed E-state index contributed by atoms with van der Waals surface area (Å²) in [5.41, 5.74) is 1.46. The van der Waals surface area contributed by atoms with Gasteiger partial charge in [-0.15, -0.1) is 0 Å². The monoisotopic (exact) mass is 332 g/mol. The fraction of sp³-hybridized carbons (Fsp3) is 0.217. The van der Waals surface area contributed by atoms with Crippen molar-refractivity contribution in [3.63, 3.8) is 0 Å². The lowest BCUT2D eigenvalue weighted by Crippen LogP contribution is -2.20. The molecule has 0 amide bonds. The molecule has 0 heterocycles. The van der Waals surface area contributed by atoms with Gasteiger partial charge >= 0.3 is 0 Å². The molecule has 3 aromatic carbocycles. The van der Waals surface area contributed by atoms with Crippen LogP contribution in [0.4, 0.5) is 0 Å². The molecule has 0 bridgehead atoms. The van der Waals surface area contributed by atoms with E-state index in [0.717, 1.165) is 0 Å². The number of benzene rings is 3. The minimum atomic E-state index is -0.486. The summed E-state index contributed by atoms with van der Waals surface area (Å²) in [7, 11) is -0.486. The fourth-order valence-electron chi connectivity index (χ4n) is 3.15. The van der Waals surface area contributed by atoms with Gasteiger partial charge in [-0.2, -0.15) is 0 Å². The maximum Gasteiger partial charge on any atom is -0.0134 e. The van der Waals surface area contributed by atoms with E-state index in [1.165, 1.54) is 34.3 Å². The molecular formula is C23H25P. The quantitative estimate of drug-likeness (QED) is 0.534. The summed E-state index contributed by atoms with van der Waals surface area (Å²) in [5, 5.41) is 4.25. The van der Waals surface area contributed by atoms with Crippen LogP contribution in [0.2, 0.25) is 0 Å². The van der Waals surface area contributed by atoms with Crippen LogP contribution in [0.1, 0.15) is 38.2 Å². The summed E-state index contributed by atoms with van der Waals surface area (Å²) in [6.45, 7) is 4.59. The molecule has 3 aromatic rings. The van der Waals surface area contributed by atoms with Crippen molar-refractivity contribution in [1.29, 1.82) is 0 Å². The first-order chi connectivity index (χ1) is 11.8. The van der Waals surface area contributed by atoms with Crippen LogP contribution in [-0.2, 0) is 0 Å². The van der Waals surface area contributed by atoms with Gasteiger partial charge in [0.1, 0.15) is 0 Å². The maximum atomic E-state index is 2.34. The second-order valence-corrected chi connectivity index (χ2v) is 8.51. The Balaban J connectivity index is 1.97. The predicted molar refractivity (Wildman–Crippen MR) is 108 cm³/mol. The smallest absolute Gasteiger partial charge is 0.0134 e. The summed E-state index contributed by atoms with van der Waals surface area (Å²) in [5.74, 6) is 0.642. The van der Waals surface area contributed by atoms with E-state index in [-0.39, 0.29) is 0 Å². The van der Waals surface area contributed by atoms with E-state index in [2.05, 4.69) is 98.8 Å². The van der Waals surface area contributed by atoms with Gasteiger partial charge in [0, 0.05) is 0 Å². The van der Waals surface area contributed by atoms with Gasteiger partial charge in [0.25, 0.3) is 0 Å². The van der Waals surface area contributed by atoms with Crippen molar-refractivity contribution >= 4 is 23.8 Å². The lowest BCUT2D eigenvalue weighted by Gasteiger charge is -2.20. The van der Waals surface area contributed by atoms with E-state index in [4.69, 9.17) is 0 Å². The Morgan fingerprint density at radius 2 is 1.12 bits per heavy atom. The third kappa shape index (κ3) is 3.94. The molecule has 0 spiro atoms. The first-order valence-corrected chi connectivity index (χ1v) is 10.1. The SMILES string of the molecule is CCCC(C)c1ccc(P(c2ccccc2)c2ccccc2)cc1. The lowest BCUT2D eigenvalue weighted by molar-refractivity contribution is 0.665. The van der Waals surface area contributed by atoms with Gasteiger partial charge in [0.05, 0.1) is 0 Å². The van der Waals surface area contributed by atoms with Crippen LogP contribution >= 0.6 is 7.92 Å². The Bertz CT molecular complexity index is 693. The van der Waals surface area contributed by atoms with E-state index in [0.29, 0.717) is 5.92 Å². The lowest BCUT2D eigenvalue weighted by atomic mass is 9.97. The molecular weight excluding hydrogens is 307 g/mol. The highest BCUT2D eigenvalue weighted by molar-refractivity contribution is 7.79. The van der Waals surface area contributed by atoms with E-state index in [1.54, 1.807) is 0 Å². The normalized spacial score (nSPS) is 12.3. The van der Waals surface area contributed by atoms with Crippen LogP contribution in [0.15, 0.2) is 84.9 Å². The van der Waals surface area contributed by atoms with E-state index >= 15 is 0 Å². The van der Waals surface area contributed by atoms with Crippen molar-refractivity contribution in [3.05, 3.63) is 90.5 Å². The number of rotatable bonds is 6. The number of hydrogen-bond donors (Lipinski definition) is 0. The molecule has 0 aliphatic carbocycles. The minimum absolute atomic E-state index is 0.486. The first-order valence-electron chi connectivity index (χ1n) is 8.79. The third-order valence-corrected chi connectivity index (χ3v) is 6.91. The summed E-state index contributed by atoms with van der Waals surface area (Å²) in [6, 6.07) is 31.1. The fourth-order valence-corrected chi connectivity index (χ4v) is 5.44. The Labute approximate surface area is 147 Å². The van der Waals surface area contributed by atoms with Gasteiger partial charge < -0.3 is 0 Å². The second kappa shape index (κ2) is 8.27. The summed E-state index contributed by atoms with van der Waals surface area (Å²) in [4.78, 5) is 0. The maximum absolute atomic E-state index is 2.34. The van der Waals surface area contributed by atoms with Crippen molar-refractivity contribution in [1.82, 2.24) is 0 Å². The largest absolute Gasteiger partial charge is 0.0654 e. The highest BCUT2D eigenvalue weighted by Gasteiger charge is 2.16. The molecule has 0 nitrogen and oxygen atoms in total. The molecule has 0 aliphatic rings. The number of hydrogen-bond acceptors (Lipinski definition) is 0. The van der Waals surface area contributed by atoms with Crippen LogP contribution in [0.3, 0.4) is 0 Å². The van der Waals surface area contributed by atoms with Crippen LogP contribution < -0.4 is 15.9 Å². The third-order valence-electron chi connectivity index (χ3n) is 4.47. The van der Waals surface area contributed by atoms with Crippen molar-refractivity contribution < 1.29 is 0 Å². The average molecular weight is 332 g/mol. The molecule has 0 saturated heterocycles. The Hall–Kier alpha value is -1.91. The Morgan fingerprint density at radius 1 is 0.667 bits per heavy atom. The van der Waals surface area contributed by atoms with Gasteiger partial charge in [0.15, 0.2) is 0 Å². The van der Waals surface area contributed by atoms with Crippen LogP contribution in [0, 0.1) is 0 Å². The van der Waals surface area contributed by atoms with Gasteiger partial charge in [-0.3, -0.25) is 0 Å². The molecule has 1 atom stereocenters. The Kier molecular flexibility index (Phi) is 5.83. The van der Waals surface area contributed by atoms with Gasteiger partial charge in [-0.05, 0) is 41.7 Å². The van der Waals surface area contributed by atoms with E-state index < -0.39 is 7.92 Å². The molecule has 0 aliphatic heterocycles. The van der Waals surface area contributed by atoms with Gasteiger partial charge in [-0.1, -0.05) is 105 Å². The molecule has 1 heteroatoms. The van der Waals surface area contributed by atoms with Crippen LogP contribution in [-0.4, -0.2) is 0 Å². The standard InChI is InChI=1S/C23H25P/c1-3-10-19(2)20-15-17-23(18-16-20)24(21-11-6-4-7-12-21)22-13-8-5-9-14-22/h4-9,11-19H,3,10H2,1-2H3. The molecule has 0 N–H and O–H groups in total. The molecule has 1 unspecified atom stereocenters. The van der Waals surface area contributed by atoms with E-state index in [1.807, 2.05) is 0 Å². The minimum Gasteiger partial charge on any atom is -0.0654 e. The topological polar surface area (TPSA) is 0 Å². The first kappa shape index (κ1) is 16.9. The van der Waals surface area contributed by atoms with E-state index in [9.17, 15) is 0 Å².